The average molecular weight is 386 g/mol. The molecule has 3 amide bonds. The fourth-order valence-corrected chi connectivity index (χ4v) is 3.69. The Labute approximate surface area is 167 Å². The number of amides is 3. The number of aryl methyl sites for hydroxylation is 1. The van der Waals surface area contributed by atoms with E-state index in [9.17, 15) is 14.4 Å². The van der Waals surface area contributed by atoms with Gasteiger partial charge in [-0.15, -0.1) is 0 Å². The molecule has 1 aliphatic heterocycles. The predicted octanol–water partition coefficient (Wildman–Crippen LogP) is 2.22. The van der Waals surface area contributed by atoms with E-state index >= 15 is 0 Å². The SMILES string of the molecule is Cc1ccc(C(=O)NC(C(=O)N2CCN(C(=O)C3CC3)C(C)C2)C(C)C)cc1. The zero-order valence-corrected chi connectivity index (χ0v) is 17.3. The third-order valence-corrected chi connectivity index (χ3v) is 5.68. The summed E-state index contributed by atoms with van der Waals surface area (Å²) in [6.45, 7) is 9.44. The van der Waals surface area contributed by atoms with Gasteiger partial charge < -0.3 is 15.1 Å². The van der Waals surface area contributed by atoms with Gasteiger partial charge in [0.2, 0.25) is 11.8 Å². The molecule has 3 rings (SSSR count). The zero-order valence-electron chi connectivity index (χ0n) is 17.3. The van der Waals surface area contributed by atoms with Gasteiger partial charge in [0.1, 0.15) is 6.04 Å². The molecule has 0 spiro atoms. The summed E-state index contributed by atoms with van der Waals surface area (Å²) in [6, 6.07) is 6.75. The monoisotopic (exact) mass is 385 g/mol. The lowest BCUT2D eigenvalue weighted by Gasteiger charge is -2.41. The summed E-state index contributed by atoms with van der Waals surface area (Å²) in [5.41, 5.74) is 1.64. The van der Waals surface area contributed by atoms with E-state index in [1.165, 1.54) is 0 Å². The van der Waals surface area contributed by atoms with Crippen molar-refractivity contribution < 1.29 is 14.4 Å². The highest BCUT2D eigenvalue weighted by molar-refractivity contribution is 5.97. The van der Waals surface area contributed by atoms with Gasteiger partial charge in [0.05, 0.1) is 0 Å². The maximum atomic E-state index is 13.1. The Bertz CT molecular complexity index is 740. The fourth-order valence-electron chi connectivity index (χ4n) is 3.69. The van der Waals surface area contributed by atoms with E-state index in [1.807, 2.05) is 44.7 Å². The molecule has 1 N–H and O–H groups in total. The van der Waals surface area contributed by atoms with Crippen LogP contribution < -0.4 is 5.32 Å². The lowest BCUT2D eigenvalue weighted by atomic mass is 10.0. The first-order valence-electron chi connectivity index (χ1n) is 10.2. The Morgan fingerprint density at radius 2 is 1.71 bits per heavy atom. The quantitative estimate of drug-likeness (QED) is 0.845. The number of nitrogens with zero attached hydrogens (tertiary/aromatic N) is 2. The Balaban J connectivity index is 1.63. The van der Waals surface area contributed by atoms with E-state index in [-0.39, 0.29) is 35.6 Å². The van der Waals surface area contributed by atoms with E-state index in [2.05, 4.69) is 5.32 Å². The van der Waals surface area contributed by atoms with E-state index in [0.717, 1.165) is 18.4 Å². The van der Waals surface area contributed by atoms with Crippen LogP contribution in [0.25, 0.3) is 0 Å². The van der Waals surface area contributed by atoms with Crippen LogP contribution in [-0.2, 0) is 9.59 Å². The zero-order chi connectivity index (χ0) is 20.4. The second kappa shape index (κ2) is 8.33. The number of benzene rings is 1. The molecule has 28 heavy (non-hydrogen) atoms. The normalized spacial score (nSPS) is 20.8. The van der Waals surface area contributed by atoms with Gasteiger partial charge in [0.25, 0.3) is 5.91 Å². The van der Waals surface area contributed by atoms with Gasteiger partial charge in [-0.05, 0) is 44.7 Å². The minimum Gasteiger partial charge on any atom is -0.340 e. The molecule has 0 aromatic heterocycles. The molecule has 1 aliphatic carbocycles. The van der Waals surface area contributed by atoms with Crippen molar-refractivity contribution in [1.29, 1.82) is 0 Å². The lowest BCUT2D eigenvalue weighted by Crippen LogP contribution is -2.60. The first kappa shape index (κ1) is 20.4. The molecule has 1 saturated heterocycles. The number of hydrogen-bond acceptors (Lipinski definition) is 3. The Morgan fingerprint density at radius 3 is 2.25 bits per heavy atom. The first-order valence-corrected chi connectivity index (χ1v) is 10.2. The van der Waals surface area contributed by atoms with Crippen molar-refractivity contribution in [2.45, 2.75) is 52.6 Å². The smallest absolute Gasteiger partial charge is 0.251 e. The molecule has 1 aromatic rings. The first-order chi connectivity index (χ1) is 13.3. The van der Waals surface area contributed by atoms with Gasteiger partial charge >= 0.3 is 0 Å². The van der Waals surface area contributed by atoms with E-state index < -0.39 is 6.04 Å². The third-order valence-electron chi connectivity index (χ3n) is 5.68. The minimum absolute atomic E-state index is 0.00594. The summed E-state index contributed by atoms with van der Waals surface area (Å²) >= 11 is 0. The van der Waals surface area contributed by atoms with Gasteiger partial charge in [-0.25, -0.2) is 0 Å². The van der Waals surface area contributed by atoms with Crippen molar-refractivity contribution in [1.82, 2.24) is 15.1 Å². The molecule has 0 bridgehead atoms. The van der Waals surface area contributed by atoms with E-state index in [1.54, 1.807) is 17.0 Å². The number of carbonyl (C=O) groups is 3. The van der Waals surface area contributed by atoms with Crippen LogP contribution in [0.3, 0.4) is 0 Å². The van der Waals surface area contributed by atoms with Crippen molar-refractivity contribution in [3.05, 3.63) is 35.4 Å². The van der Waals surface area contributed by atoms with Crippen molar-refractivity contribution in [2.24, 2.45) is 11.8 Å². The molecular formula is C22H31N3O3. The molecular weight excluding hydrogens is 354 g/mol. The fraction of sp³-hybridized carbons (Fsp3) is 0.591. The van der Waals surface area contributed by atoms with Gasteiger partial charge in [-0.1, -0.05) is 31.5 Å². The van der Waals surface area contributed by atoms with Crippen LogP contribution in [-0.4, -0.2) is 59.2 Å². The molecule has 2 fully saturated rings. The van der Waals surface area contributed by atoms with E-state index in [0.29, 0.717) is 25.2 Å². The van der Waals surface area contributed by atoms with Crippen LogP contribution >= 0.6 is 0 Å². The summed E-state index contributed by atoms with van der Waals surface area (Å²) in [5.74, 6) is 0.0985. The maximum Gasteiger partial charge on any atom is 0.251 e. The highest BCUT2D eigenvalue weighted by Gasteiger charge is 2.39. The van der Waals surface area contributed by atoms with E-state index in [4.69, 9.17) is 0 Å². The number of nitrogens with one attached hydrogen (secondary N) is 1. The van der Waals surface area contributed by atoms with Crippen molar-refractivity contribution >= 4 is 17.7 Å². The molecule has 6 heteroatoms. The van der Waals surface area contributed by atoms with Crippen LogP contribution in [0, 0.1) is 18.8 Å². The molecule has 1 heterocycles. The molecule has 2 aliphatic rings. The Kier molecular flexibility index (Phi) is 6.06. The predicted molar refractivity (Wildman–Crippen MR) is 108 cm³/mol. The number of hydrogen-bond donors (Lipinski definition) is 1. The summed E-state index contributed by atoms with van der Waals surface area (Å²) in [5, 5.41) is 2.92. The summed E-state index contributed by atoms with van der Waals surface area (Å²) in [7, 11) is 0. The highest BCUT2D eigenvalue weighted by Crippen LogP contribution is 2.32. The summed E-state index contributed by atoms with van der Waals surface area (Å²) in [6.07, 6.45) is 1.98. The highest BCUT2D eigenvalue weighted by atomic mass is 16.2. The Morgan fingerprint density at radius 1 is 1.07 bits per heavy atom. The molecule has 152 valence electrons. The van der Waals surface area contributed by atoms with Crippen LogP contribution in [0.15, 0.2) is 24.3 Å². The van der Waals surface area contributed by atoms with Gasteiger partial charge in [-0.3, -0.25) is 14.4 Å². The van der Waals surface area contributed by atoms with Crippen LogP contribution in [0.5, 0.6) is 0 Å². The molecule has 1 saturated carbocycles. The van der Waals surface area contributed by atoms with Gasteiger partial charge in [-0.2, -0.15) is 0 Å². The average Bonchev–Trinajstić information content (AvgIpc) is 3.50. The summed E-state index contributed by atoms with van der Waals surface area (Å²) in [4.78, 5) is 41.8. The van der Waals surface area contributed by atoms with Crippen LogP contribution in [0.4, 0.5) is 0 Å². The van der Waals surface area contributed by atoms with Crippen molar-refractivity contribution in [3.63, 3.8) is 0 Å². The second-order valence-corrected chi connectivity index (χ2v) is 8.50. The number of carbonyl (C=O) groups excluding carboxylic acids is 3. The molecule has 0 radical (unpaired) electrons. The lowest BCUT2D eigenvalue weighted by molar-refractivity contribution is -0.144. The molecule has 1 aromatic carbocycles. The van der Waals surface area contributed by atoms with Gasteiger partial charge in [0.15, 0.2) is 0 Å². The summed E-state index contributed by atoms with van der Waals surface area (Å²) < 4.78 is 0. The molecule has 2 atom stereocenters. The Hall–Kier alpha value is -2.37. The number of rotatable bonds is 5. The maximum absolute atomic E-state index is 13.1. The van der Waals surface area contributed by atoms with Gasteiger partial charge in [0, 0.05) is 37.2 Å². The van der Waals surface area contributed by atoms with Crippen molar-refractivity contribution in [2.75, 3.05) is 19.6 Å². The largest absolute Gasteiger partial charge is 0.340 e. The standard InChI is InChI=1S/C22H31N3O3/c1-14(2)19(23-20(26)17-7-5-15(3)6-8-17)22(28)24-11-12-25(16(4)13-24)21(27)18-9-10-18/h5-8,14,16,18-19H,9-13H2,1-4H3,(H,23,26). The van der Waals surface area contributed by atoms with Crippen LogP contribution in [0.1, 0.15) is 49.5 Å². The van der Waals surface area contributed by atoms with Crippen LogP contribution in [0.2, 0.25) is 0 Å². The van der Waals surface area contributed by atoms with Crippen molar-refractivity contribution in [3.8, 4) is 0 Å². The molecule has 6 nitrogen and oxygen atoms in total. The second-order valence-electron chi connectivity index (χ2n) is 8.50. The molecule has 2 unspecified atom stereocenters. The number of piperazine rings is 1. The minimum atomic E-state index is -0.577. The topological polar surface area (TPSA) is 69.7 Å². The third kappa shape index (κ3) is 4.54.